The fourth-order valence-electron chi connectivity index (χ4n) is 2.66. The average Bonchev–Trinajstić information content (AvgIpc) is 3.15. The second kappa shape index (κ2) is 9.90. The fraction of sp³-hybridized carbons (Fsp3) is 0.273. The van der Waals surface area contributed by atoms with E-state index in [1.165, 1.54) is 16.9 Å². The van der Waals surface area contributed by atoms with Crippen molar-refractivity contribution in [2.45, 2.75) is 33.3 Å². The summed E-state index contributed by atoms with van der Waals surface area (Å²) < 4.78 is 11.0. The number of hydrogen-bond donors (Lipinski definition) is 1. The molecule has 1 N–H and O–H groups in total. The first-order chi connectivity index (χ1) is 13.6. The van der Waals surface area contributed by atoms with Gasteiger partial charge in [0.25, 0.3) is 0 Å². The number of anilines is 2. The zero-order valence-corrected chi connectivity index (χ0v) is 16.9. The molecule has 3 rings (SSSR count). The summed E-state index contributed by atoms with van der Waals surface area (Å²) in [5.41, 5.74) is 3.94. The lowest BCUT2D eigenvalue weighted by Gasteiger charge is -2.09. The van der Waals surface area contributed by atoms with E-state index in [1.807, 2.05) is 60.8 Å². The van der Waals surface area contributed by atoms with Gasteiger partial charge in [0.15, 0.2) is 5.13 Å². The van der Waals surface area contributed by atoms with Gasteiger partial charge in [-0.1, -0.05) is 35.9 Å². The first-order valence-corrected chi connectivity index (χ1v) is 10.2. The molecule has 0 fully saturated rings. The number of nitrogens with zero attached hydrogens (tertiary/aromatic N) is 1. The van der Waals surface area contributed by atoms with Gasteiger partial charge < -0.3 is 14.8 Å². The second-order valence-electron chi connectivity index (χ2n) is 6.34. The summed E-state index contributed by atoms with van der Waals surface area (Å²) in [7, 11) is 0. The quantitative estimate of drug-likeness (QED) is 0.499. The number of esters is 1. The van der Waals surface area contributed by atoms with Crippen LogP contribution in [0, 0.1) is 6.92 Å². The molecule has 0 aliphatic rings. The van der Waals surface area contributed by atoms with Gasteiger partial charge in [0.2, 0.25) is 0 Å². The molecule has 0 aliphatic heterocycles. The summed E-state index contributed by atoms with van der Waals surface area (Å²) in [6, 6.07) is 15.9. The van der Waals surface area contributed by atoms with Gasteiger partial charge >= 0.3 is 5.97 Å². The van der Waals surface area contributed by atoms with Gasteiger partial charge in [0.05, 0.1) is 12.3 Å². The predicted octanol–water partition coefficient (Wildman–Crippen LogP) is 5.27. The first kappa shape index (κ1) is 19.9. The van der Waals surface area contributed by atoms with E-state index in [2.05, 4.69) is 17.2 Å². The Hall–Kier alpha value is -2.86. The predicted molar refractivity (Wildman–Crippen MR) is 112 cm³/mol. The second-order valence-corrected chi connectivity index (χ2v) is 7.19. The van der Waals surface area contributed by atoms with Crippen LogP contribution in [0.4, 0.5) is 10.8 Å². The van der Waals surface area contributed by atoms with Gasteiger partial charge in [-0.3, -0.25) is 4.79 Å². The van der Waals surface area contributed by atoms with Gasteiger partial charge in [0, 0.05) is 17.5 Å². The van der Waals surface area contributed by atoms with Crippen molar-refractivity contribution >= 4 is 28.1 Å². The lowest BCUT2D eigenvalue weighted by atomic mass is 10.1. The number of hydrogen-bond acceptors (Lipinski definition) is 6. The minimum absolute atomic E-state index is 0.179. The van der Waals surface area contributed by atoms with Crippen LogP contribution in [0.1, 0.15) is 30.2 Å². The molecule has 1 aromatic heterocycles. The van der Waals surface area contributed by atoms with Gasteiger partial charge in [-0.05, 0) is 44.0 Å². The third-order valence-electron chi connectivity index (χ3n) is 4.11. The standard InChI is InChI=1S/C22H24N2O3S/c1-3-26-20-7-5-4-6-17(20)10-13-21(25)27-14-19-15-28-22(24-19)23-18-11-8-16(2)9-12-18/h4-9,11-12,15H,3,10,13-14H2,1-2H3,(H,23,24). The highest BCUT2D eigenvalue weighted by molar-refractivity contribution is 7.13. The summed E-state index contributed by atoms with van der Waals surface area (Å²) in [6.07, 6.45) is 0.898. The minimum atomic E-state index is -0.243. The number of carbonyl (C=O) groups is 1. The number of thiazole rings is 1. The molecule has 6 heteroatoms. The summed E-state index contributed by atoms with van der Waals surface area (Å²) >= 11 is 1.49. The number of ether oxygens (including phenoxy) is 2. The molecule has 5 nitrogen and oxygen atoms in total. The highest BCUT2D eigenvalue weighted by atomic mass is 32.1. The van der Waals surface area contributed by atoms with Gasteiger partial charge in [-0.15, -0.1) is 11.3 Å². The molecule has 3 aromatic rings. The highest BCUT2D eigenvalue weighted by Crippen LogP contribution is 2.22. The maximum Gasteiger partial charge on any atom is 0.306 e. The van der Waals surface area contributed by atoms with E-state index in [0.717, 1.165) is 27.8 Å². The minimum Gasteiger partial charge on any atom is -0.494 e. The van der Waals surface area contributed by atoms with Crippen LogP contribution in [0.2, 0.25) is 0 Å². The Morgan fingerprint density at radius 2 is 1.93 bits per heavy atom. The zero-order valence-electron chi connectivity index (χ0n) is 16.1. The van der Waals surface area contributed by atoms with E-state index < -0.39 is 0 Å². The van der Waals surface area contributed by atoms with Gasteiger partial charge in [-0.25, -0.2) is 4.98 Å². The Bertz CT molecular complexity index is 906. The van der Waals surface area contributed by atoms with Gasteiger partial charge in [-0.2, -0.15) is 0 Å². The maximum absolute atomic E-state index is 12.1. The monoisotopic (exact) mass is 396 g/mol. The lowest BCUT2D eigenvalue weighted by Crippen LogP contribution is -2.07. The van der Waals surface area contributed by atoms with Crippen LogP contribution in [0.5, 0.6) is 5.75 Å². The fourth-order valence-corrected chi connectivity index (χ4v) is 3.38. The smallest absolute Gasteiger partial charge is 0.306 e. The Labute approximate surface area is 169 Å². The van der Waals surface area contributed by atoms with Gasteiger partial charge in [0.1, 0.15) is 12.4 Å². The molecule has 0 spiro atoms. The molecule has 0 atom stereocenters. The summed E-state index contributed by atoms with van der Waals surface area (Å²) in [5.74, 6) is 0.580. The summed E-state index contributed by atoms with van der Waals surface area (Å²) in [5, 5.41) is 5.93. The van der Waals surface area contributed by atoms with Crippen LogP contribution >= 0.6 is 11.3 Å². The van der Waals surface area contributed by atoms with E-state index in [0.29, 0.717) is 19.4 Å². The molecule has 0 saturated heterocycles. The van der Waals surface area contributed by atoms with Crippen molar-refractivity contribution in [3.8, 4) is 5.75 Å². The topological polar surface area (TPSA) is 60.5 Å². The van der Waals surface area contributed by atoms with E-state index in [4.69, 9.17) is 9.47 Å². The van der Waals surface area contributed by atoms with Crippen molar-refractivity contribution in [1.29, 1.82) is 0 Å². The number of nitrogens with one attached hydrogen (secondary N) is 1. The number of benzene rings is 2. The Morgan fingerprint density at radius 1 is 1.14 bits per heavy atom. The Morgan fingerprint density at radius 3 is 2.71 bits per heavy atom. The van der Waals surface area contributed by atoms with Crippen molar-refractivity contribution in [3.63, 3.8) is 0 Å². The molecular weight excluding hydrogens is 372 g/mol. The molecule has 2 aromatic carbocycles. The molecule has 28 heavy (non-hydrogen) atoms. The van der Waals surface area contributed by atoms with Crippen LogP contribution in [0.25, 0.3) is 0 Å². The maximum atomic E-state index is 12.1. The van der Waals surface area contributed by atoms with Crippen molar-refractivity contribution < 1.29 is 14.3 Å². The normalized spacial score (nSPS) is 10.5. The highest BCUT2D eigenvalue weighted by Gasteiger charge is 2.09. The molecule has 0 bridgehead atoms. The Balaban J connectivity index is 1.46. The van der Waals surface area contributed by atoms with E-state index in [1.54, 1.807) is 0 Å². The molecule has 0 saturated carbocycles. The summed E-state index contributed by atoms with van der Waals surface area (Å²) in [4.78, 5) is 16.6. The van der Waals surface area contributed by atoms with Crippen LogP contribution in [-0.2, 0) is 22.6 Å². The molecule has 0 aliphatic carbocycles. The molecular formula is C22H24N2O3S. The number of aryl methyl sites for hydroxylation is 2. The molecule has 1 heterocycles. The third-order valence-corrected chi connectivity index (χ3v) is 4.91. The largest absolute Gasteiger partial charge is 0.494 e. The SMILES string of the molecule is CCOc1ccccc1CCC(=O)OCc1csc(Nc2ccc(C)cc2)n1. The molecule has 146 valence electrons. The van der Waals surface area contributed by atoms with Crippen molar-refractivity contribution in [3.05, 3.63) is 70.7 Å². The molecule has 0 radical (unpaired) electrons. The van der Waals surface area contributed by atoms with Crippen molar-refractivity contribution in [1.82, 2.24) is 4.98 Å². The van der Waals surface area contributed by atoms with Crippen molar-refractivity contribution in [2.24, 2.45) is 0 Å². The van der Waals surface area contributed by atoms with E-state index in [-0.39, 0.29) is 12.6 Å². The molecule has 0 amide bonds. The number of aromatic nitrogens is 1. The van der Waals surface area contributed by atoms with Crippen LogP contribution in [0.15, 0.2) is 53.9 Å². The number of carbonyl (C=O) groups excluding carboxylic acids is 1. The van der Waals surface area contributed by atoms with Crippen LogP contribution < -0.4 is 10.1 Å². The summed E-state index contributed by atoms with van der Waals surface area (Å²) in [6.45, 7) is 4.78. The van der Waals surface area contributed by atoms with E-state index in [9.17, 15) is 4.79 Å². The van der Waals surface area contributed by atoms with Crippen LogP contribution in [-0.4, -0.2) is 17.6 Å². The van der Waals surface area contributed by atoms with Crippen molar-refractivity contribution in [2.75, 3.05) is 11.9 Å². The number of para-hydroxylation sites is 1. The number of rotatable bonds is 9. The molecule has 0 unspecified atom stereocenters. The first-order valence-electron chi connectivity index (χ1n) is 9.28. The Kier molecular flexibility index (Phi) is 7.03. The third kappa shape index (κ3) is 5.82. The lowest BCUT2D eigenvalue weighted by molar-refractivity contribution is -0.145. The average molecular weight is 397 g/mol. The van der Waals surface area contributed by atoms with E-state index >= 15 is 0 Å². The zero-order chi connectivity index (χ0) is 19.8. The van der Waals surface area contributed by atoms with Crippen LogP contribution in [0.3, 0.4) is 0 Å².